The zero-order valence-corrected chi connectivity index (χ0v) is 9.09. The summed E-state index contributed by atoms with van der Waals surface area (Å²) in [4.78, 5) is 0. The van der Waals surface area contributed by atoms with Crippen LogP contribution in [0.3, 0.4) is 0 Å². The molecule has 14 heavy (non-hydrogen) atoms. The van der Waals surface area contributed by atoms with Crippen LogP contribution in [0.25, 0.3) is 0 Å². The van der Waals surface area contributed by atoms with Gasteiger partial charge in [-0.15, -0.1) is 11.8 Å². The second-order valence-corrected chi connectivity index (χ2v) is 3.81. The maximum atomic E-state index is 3.21. The van der Waals surface area contributed by atoms with Crippen molar-refractivity contribution in [2.45, 2.75) is 33.1 Å². The Morgan fingerprint density at radius 1 is 1.14 bits per heavy atom. The largest absolute Gasteiger partial charge is 0.103 e. The lowest BCUT2D eigenvalue weighted by molar-refractivity contribution is 0.840. The highest BCUT2D eigenvalue weighted by Crippen LogP contribution is 2.03. The lowest BCUT2D eigenvalue weighted by Gasteiger charge is -1.97. The Morgan fingerprint density at radius 3 is 2.50 bits per heavy atom. The van der Waals surface area contributed by atoms with Gasteiger partial charge in [0.15, 0.2) is 0 Å². The van der Waals surface area contributed by atoms with Crippen molar-refractivity contribution in [3.63, 3.8) is 0 Å². The summed E-state index contributed by atoms with van der Waals surface area (Å²) in [6.45, 7) is 4.26. The number of benzene rings is 1. The first kappa shape index (κ1) is 10.9. The van der Waals surface area contributed by atoms with Crippen LogP contribution in [0.5, 0.6) is 0 Å². The second kappa shape index (κ2) is 6.27. The molecule has 0 atom stereocenters. The Balaban J connectivity index is 2.21. The molecule has 0 spiro atoms. The molecule has 0 aliphatic carbocycles. The summed E-state index contributed by atoms with van der Waals surface area (Å²) in [6.07, 6.45) is 3.34. The molecule has 0 heteroatoms. The maximum Gasteiger partial charge on any atom is 0.0146 e. The van der Waals surface area contributed by atoms with Crippen molar-refractivity contribution < 1.29 is 0 Å². The fraction of sp³-hybridized carbons (Fsp3) is 0.429. The summed E-state index contributed by atoms with van der Waals surface area (Å²) in [5.41, 5.74) is 1.42. The fourth-order valence-corrected chi connectivity index (χ4v) is 1.30. The van der Waals surface area contributed by atoms with E-state index in [9.17, 15) is 0 Å². The summed E-state index contributed by atoms with van der Waals surface area (Å²) in [6, 6.07) is 10.6. The van der Waals surface area contributed by atoms with Gasteiger partial charge in [-0.2, -0.15) is 0 Å². The summed E-state index contributed by atoms with van der Waals surface area (Å²) < 4.78 is 0. The Bertz CT molecular complexity index is 298. The molecular formula is C14H18. The molecule has 0 unspecified atom stereocenters. The Morgan fingerprint density at radius 2 is 1.86 bits per heavy atom. The highest BCUT2D eigenvalue weighted by molar-refractivity contribution is 5.14. The van der Waals surface area contributed by atoms with Gasteiger partial charge in [0.2, 0.25) is 0 Å². The van der Waals surface area contributed by atoms with Crippen LogP contribution in [-0.2, 0) is 6.42 Å². The highest BCUT2D eigenvalue weighted by atomic mass is 13.9. The van der Waals surface area contributed by atoms with E-state index in [4.69, 9.17) is 0 Å². The monoisotopic (exact) mass is 186 g/mol. The van der Waals surface area contributed by atoms with Crippen LogP contribution in [0.15, 0.2) is 30.3 Å². The van der Waals surface area contributed by atoms with Crippen molar-refractivity contribution in [3.8, 4) is 11.8 Å². The van der Waals surface area contributed by atoms with Crippen LogP contribution < -0.4 is 0 Å². The molecule has 0 saturated carbocycles. The third-order valence-electron chi connectivity index (χ3n) is 2.00. The predicted molar refractivity (Wildman–Crippen MR) is 62.0 cm³/mol. The van der Waals surface area contributed by atoms with E-state index in [1.165, 1.54) is 12.0 Å². The second-order valence-electron chi connectivity index (χ2n) is 3.81. The van der Waals surface area contributed by atoms with Crippen molar-refractivity contribution in [1.29, 1.82) is 0 Å². The van der Waals surface area contributed by atoms with E-state index in [-0.39, 0.29) is 0 Å². The number of rotatable bonds is 3. The molecule has 1 aromatic carbocycles. The minimum Gasteiger partial charge on any atom is -0.103 e. The summed E-state index contributed by atoms with van der Waals surface area (Å²) in [5, 5.41) is 0. The van der Waals surface area contributed by atoms with Gasteiger partial charge in [0.25, 0.3) is 0 Å². The topological polar surface area (TPSA) is 0 Å². The van der Waals surface area contributed by atoms with E-state index in [1.807, 2.05) is 0 Å². The van der Waals surface area contributed by atoms with Gasteiger partial charge in [-0.05, 0) is 18.4 Å². The summed E-state index contributed by atoms with van der Waals surface area (Å²) in [7, 11) is 0. The van der Waals surface area contributed by atoms with Crippen LogP contribution in [0, 0.1) is 17.8 Å². The number of hydrogen-bond acceptors (Lipinski definition) is 0. The van der Waals surface area contributed by atoms with E-state index in [0.29, 0.717) is 5.92 Å². The van der Waals surface area contributed by atoms with E-state index in [2.05, 4.69) is 56.0 Å². The molecule has 0 saturated heterocycles. The predicted octanol–water partition coefficient (Wildman–Crippen LogP) is 3.67. The maximum absolute atomic E-state index is 3.21. The van der Waals surface area contributed by atoms with Crippen LogP contribution in [0.1, 0.15) is 32.3 Å². The minimum absolute atomic E-state index is 0.506. The van der Waals surface area contributed by atoms with Crippen molar-refractivity contribution in [2.24, 2.45) is 5.92 Å². The minimum atomic E-state index is 0.506. The van der Waals surface area contributed by atoms with Crippen molar-refractivity contribution in [3.05, 3.63) is 35.9 Å². The average Bonchev–Trinajstić information content (AvgIpc) is 2.18. The zero-order chi connectivity index (χ0) is 10.2. The Hall–Kier alpha value is -1.22. The van der Waals surface area contributed by atoms with Gasteiger partial charge in [-0.3, -0.25) is 0 Å². The molecule has 1 aromatic rings. The third-order valence-corrected chi connectivity index (χ3v) is 2.00. The Labute approximate surface area is 87.4 Å². The molecule has 0 radical (unpaired) electrons. The molecule has 0 aliphatic heterocycles. The first-order valence-corrected chi connectivity index (χ1v) is 5.31. The molecular weight excluding hydrogens is 168 g/mol. The van der Waals surface area contributed by atoms with Gasteiger partial charge in [0, 0.05) is 12.3 Å². The van der Waals surface area contributed by atoms with Gasteiger partial charge in [-0.25, -0.2) is 0 Å². The highest BCUT2D eigenvalue weighted by Gasteiger charge is 1.89. The van der Waals surface area contributed by atoms with Gasteiger partial charge < -0.3 is 0 Å². The first-order valence-electron chi connectivity index (χ1n) is 5.31. The van der Waals surface area contributed by atoms with Crippen LogP contribution in [0.4, 0.5) is 0 Å². The number of hydrogen-bond donors (Lipinski definition) is 0. The Kier molecular flexibility index (Phi) is 4.86. The van der Waals surface area contributed by atoms with E-state index >= 15 is 0 Å². The summed E-state index contributed by atoms with van der Waals surface area (Å²) in [5.74, 6) is 6.89. The first-order chi connectivity index (χ1) is 6.79. The normalized spacial score (nSPS) is 9.64. The van der Waals surface area contributed by atoms with Crippen LogP contribution >= 0.6 is 0 Å². The van der Waals surface area contributed by atoms with Gasteiger partial charge in [0.1, 0.15) is 0 Å². The standard InChI is InChI=1S/C14H18/c1-13(2)9-5-3-6-10-14-11-7-4-8-12-14/h4,7-8,11-13H,3,6,10H2,1-2H3. The van der Waals surface area contributed by atoms with Gasteiger partial charge >= 0.3 is 0 Å². The van der Waals surface area contributed by atoms with Crippen molar-refractivity contribution in [1.82, 2.24) is 0 Å². The van der Waals surface area contributed by atoms with E-state index < -0.39 is 0 Å². The molecule has 0 nitrogen and oxygen atoms in total. The zero-order valence-electron chi connectivity index (χ0n) is 9.09. The third kappa shape index (κ3) is 4.72. The smallest absolute Gasteiger partial charge is 0.0146 e. The van der Waals surface area contributed by atoms with Crippen molar-refractivity contribution in [2.75, 3.05) is 0 Å². The lowest BCUT2D eigenvalue weighted by Crippen LogP contribution is -1.84. The lowest BCUT2D eigenvalue weighted by atomic mass is 10.1. The molecule has 0 bridgehead atoms. The average molecular weight is 186 g/mol. The molecule has 0 N–H and O–H groups in total. The molecule has 0 heterocycles. The SMILES string of the molecule is CC(C)C#CCCCc1ccccc1. The molecule has 0 amide bonds. The fourth-order valence-electron chi connectivity index (χ4n) is 1.30. The number of unbranched alkanes of at least 4 members (excludes halogenated alkanes) is 1. The number of aryl methyl sites for hydroxylation is 1. The molecule has 74 valence electrons. The van der Waals surface area contributed by atoms with Gasteiger partial charge in [0.05, 0.1) is 0 Å². The quantitative estimate of drug-likeness (QED) is 0.499. The summed E-state index contributed by atoms with van der Waals surface area (Å²) >= 11 is 0. The molecule has 0 fully saturated rings. The van der Waals surface area contributed by atoms with Crippen molar-refractivity contribution >= 4 is 0 Å². The van der Waals surface area contributed by atoms with Gasteiger partial charge in [-0.1, -0.05) is 44.2 Å². The van der Waals surface area contributed by atoms with E-state index in [1.54, 1.807) is 0 Å². The molecule has 1 rings (SSSR count). The van der Waals surface area contributed by atoms with E-state index in [0.717, 1.165) is 12.8 Å². The van der Waals surface area contributed by atoms with Crippen LogP contribution in [0.2, 0.25) is 0 Å². The molecule has 0 aliphatic rings. The molecule has 0 aromatic heterocycles. The van der Waals surface area contributed by atoms with Crippen LogP contribution in [-0.4, -0.2) is 0 Å².